The van der Waals surface area contributed by atoms with Crippen molar-refractivity contribution in [3.8, 4) is 0 Å². The molecule has 2 nitrogen and oxygen atoms in total. The van der Waals surface area contributed by atoms with Crippen molar-refractivity contribution in [2.75, 3.05) is 0 Å². The van der Waals surface area contributed by atoms with Crippen LogP contribution in [-0.2, 0) is 12.8 Å². The first-order valence-electron chi connectivity index (χ1n) is 6.97. The van der Waals surface area contributed by atoms with Crippen LogP contribution in [0, 0.1) is 18.3 Å². The molecule has 0 aliphatic heterocycles. The normalized spacial score (nSPS) is 20.3. The second kappa shape index (κ2) is 4.09. The Labute approximate surface area is 113 Å². The maximum absolute atomic E-state index is 4.80. The van der Waals surface area contributed by atoms with Crippen molar-refractivity contribution in [1.29, 1.82) is 0 Å². The fourth-order valence-electron chi connectivity index (χ4n) is 3.12. The molecule has 0 spiro atoms. The summed E-state index contributed by atoms with van der Waals surface area (Å²) in [6.45, 7) is 9.35. The van der Waals surface area contributed by atoms with Crippen LogP contribution >= 0.6 is 11.3 Å². The molecular formula is C15H22N2S. The fraction of sp³-hybridized carbons (Fsp3) is 0.667. The number of imidazole rings is 1. The zero-order valence-corrected chi connectivity index (χ0v) is 12.6. The van der Waals surface area contributed by atoms with Gasteiger partial charge in [-0.05, 0) is 37.5 Å². The second-order valence-electron chi connectivity index (χ2n) is 6.28. The summed E-state index contributed by atoms with van der Waals surface area (Å²) >= 11 is 1.77. The molecule has 0 amide bonds. The summed E-state index contributed by atoms with van der Waals surface area (Å²) in [5.41, 5.74) is 4.64. The van der Waals surface area contributed by atoms with E-state index in [2.05, 4.69) is 37.5 Å². The predicted molar refractivity (Wildman–Crippen MR) is 77.4 cm³/mol. The van der Waals surface area contributed by atoms with Gasteiger partial charge in [-0.2, -0.15) is 0 Å². The Morgan fingerprint density at radius 2 is 2.28 bits per heavy atom. The van der Waals surface area contributed by atoms with Crippen molar-refractivity contribution < 1.29 is 0 Å². The molecule has 1 aliphatic carbocycles. The molecule has 0 aromatic carbocycles. The van der Waals surface area contributed by atoms with E-state index in [1.807, 2.05) is 0 Å². The van der Waals surface area contributed by atoms with Crippen LogP contribution in [0.15, 0.2) is 5.38 Å². The first kappa shape index (κ1) is 12.2. The van der Waals surface area contributed by atoms with Crippen molar-refractivity contribution in [2.24, 2.45) is 11.3 Å². The van der Waals surface area contributed by atoms with Crippen molar-refractivity contribution >= 4 is 16.3 Å². The Kier molecular flexibility index (Phi) is 2.77. The molecule has 3 heteroatoms. The van der Waals surface area contributed by atoms with E-state index in [-0.39, 0.29) is 0 Å². The van der Waals surface area contributed by atoms with Gasteiger partial charge in [0.25, 0.3) is 0 Å². The van der Waals surface area contributed by atoms with Crippen molar-refractivity contribution in [3.05, 3.63) is 22.5 Å². The van der Waals surface area contributed by atoms with Crippen LogP contribution in [0.3, 0.4) is 0 Å². The molecule has 1 unspecified atom stereocenters. The van der Waals surface area contributed by atoms with Crippen molar-refractivity contribution in [1.82, 2.24) is 9.38 Å². The highest BCUT2D eigenvalue weighted by Crippen LogP contribution is 2.40. The van der Waals surface area contributed by atoms with Crippen LogP contribution in [0.25, 0.3) is 4.96 Å². The summed E-state index contributed by atoms with van der Waals surface area (Å²) < 4.78 is 2.39. The van der Waals surface area contributed by atoms with Gasteiger partial charge in [-0.15, -0.1) is 11.3 Å². The van der Waals surface area contributed by atoms with E-state index in [1.165, 1.54) is 41.3 Å². The largest absolute Gasteiger partial charge is 0.292 e. The molecule has 0 fully saturated rings. The fourth-order valence-corrected chi connectivity index (χ4v) is 4.02. The van der Waals surface area contributed by atoms with Gasteiger partial charge in [0.05, 0.1) is 5.69 Å². The highest BCUT2D eigenvalue weighted by Gasteiger charge is 2.33. The quantitative estimate of drug-likeness (QED) is 0.791. The maximum atomic E-state index is 4.80. The highest BCUT2D eigenvalue weighted by molar-refractivity contribution is 7.15. The Balaban J connectivity index is 2.03. The first-order valence-corrected chi connectivity index (χ1v) is 7.85. The molecule has 18 heavy (non-hydrogen) atoms. The van der Waals surface area contributed by atoms with Gasteiger partial charge < -0.3 is 0 Å². The monoisotopic (exact) mass is 262 g/mol. The van der Waals surface area contributed by atoms with Gasteiger partial charge in [0.1, 0.15) is 0 Å². The third-order valence-electron chi connectivity index (χ3n) is 4.90. The molecule has 1 aliphatic rings. The minimum Gasteiger partial charge on any atom is -0.292 e. The van der Waals surface area contributed by atoms with Gasteiger partial charge in [0.2, 0.25) is 0 Å². The van der Waals surface area contributed by atoms with Crippen molar-refractivity contribution in [3.63, 3.8) is 0 Å². The lowest BCUT2D eigenvalue weighted by molar-refractivity contribution is 0.180. The average molecular weight is 262 g/mol. The first-order chi connectivity index (χ1) is 8.53. The molecule has 2 heterocycles. The lowest BCUT2D eigenvalue weighted by atomic mass is 9.70. The molecule has 0 saturated heterocycles. The summed E-state index contributed by atoms with van der Waals surface area (Å²) in [5, 5.41) is 2.22. The van der Waals surface area contributed by atoms with Crippen LogP contribution in [0.1, 0.15) is 50.7 Å². The summed E-state index contributed by atoms with van der Waals surface area (Å²) in [5.74, 6) is 0.800. The minimum atomic E-state index is 0.450. The predicted octanol–water partition coefficient (Wildman–Crippen LogP) is 4.25. The minimum absolute atomic E-state index is 0.450. The van der Waals surface area contributed by atoms with Gasteiger partial charge >= 0.3 is 0 Å². The van der Waals surface area contributed by atoms with E-state index >= 15 is 0 Å². The third kappa shape index (κ3) is 1.71. The second-order valence-corrected chi connectivity index (χ2v) is 7.12. The third-order valence-corrected chi connectivity index (χ3v) is 5.84. The lowest BCUT2D eigenvalue weighted by Crippen LogP contribution is -2.29. The molecule has 98 valence electrons. The average Bonchev–Trinajstić information content (AvgIpc) is 2.89. The van der Waals surface area contributed by atoms with E-state index in [4.69, 9.17) is 4.98 Å². The van der Waals surface area contributed by atoms with Crippen LogP contribution < -0.4 is 0 Å². The number of hydrogen-bond acceptors (Lipinski definition) is 2. The Morgan fingerprint density at radius 1 is 1.50 bits per heavy atom. The smallest absolute Gasteiger partial charge is 0.194 e. The molecule has 0 radical (unpaired) electrons. The van der Waals surface area contributed by atoms with Crippen LogP contribution in [0.2, 0.25) is 0 Å². The molecule has 0 saturated carbocycles. The Bertz CT molecular complexity index is 577. The van der Waals surface area contributed by atoms with Gasteiger partial charge in [0, 0.05) is 16.8 Å². The maximum Gasteiger partial charge on any atom is 0.194 e. The van der Waals surface area contributed by atoms with Gasteiger partial charge in [0.15, 0.2) is 4.96 Å². The summed E-state index contributed by atoms with van der Waals surface area (Å²) in [6, 6.07) is 0. The Hall–Kier alpha value is -0.830. The van der Waals surface area contributed by atoms with E-state index in [9.17, 15) is 0 Å². The number of nitrogens with zero attached hydrogens (tertiary/aromatic N) is 2. The summed E-state index contributed by atoms with van der Waals surface area (Å²) in [4.78, 5) is 5.99. The number of hydrogen-bond donors (Lipinski definition) is 0. The van der Waals surface area contributed by atoms with E-state index in [0.29, 0.717) is 5.41 Å². The molecule has 2 aromatic rings. The van der Waals surface area contributed by atoms with E-state index in [0.717, 1.165) is 12.3 Å². The zero-order valence-electron chi connectivity index (χ0n) is 11.8. The van der Waals surface area contributed by atoms with Crippen LogP contribution in [0.5, 0.6) is 0 Å². The van der Waals surface area contributed by atoms with E-state index < -0.39 is 0 Å². The van der Waals surface area contributed by atoms with E-state index in [1.54, 1.807) is 11.3 Å². The highest BCUT2D eigenvalue weighted by atomic mass is 32.1. The lowest BCUT2D eigenvalue weighted by Gasteiger charge is -2.36. The molecule has 1 atom stereocenters. The molecular weight excluding hydrogens is 240 g/mol. The zero-order chi connectivity index (χ0) is 12.9. The molecule has 0 N–H and O–H groups in total. The Morgan fingerprint density at radius 3 is 3.00 bits per heavy atom. The molecule has 3 rings (SSSR count). The van der Waals surface area contributed by atoms with Gasteiger partial charge in [-0.25, -0.2) is 4.98 Å². The number of aromatic nitrogens is 2. The SMILES string of the molecule is CCC(C)(C)C1CCc2nc3scc(C)n3c2C1. The van der Waals surface area contributed by atoms with Gasteiger partial charge in [-0.3, -0.25) is 4.40 Å². The number of fused-ring (bicyclic) bond motifs is 3. The van der Waals surface area contributed by atoms with Gasteiger partial charge in [-0.1, -0.05) is 27.2 Å². The topological polar surface area (TPSA) is 17.3 Å². The standard InChI is InChI=1S/C15H22N2S/c1-5-15(3,4)11-6-7-12-13(8-11)17-10(2)9-18-14(17)16-12/h9,11H,5-8H2,1-4H3. The number of thiazole rings is 1. The van der Waals surface area contributed by atoms with Crippen LogP contribution in [-0.4, -0.2) is 9.38 Å². The number of aryl methyl sites for hydroxylation is 2. The van der Waals surface area contributed by atoms with Crippen molar-refractivity contribution in [2.45, 2.75) is 53.4 Å². The van der Waals surface area contributed by atoms with Crippen LogP contribution in [0.4, 0.5) is 0 Å². The summed E-state index contributed by atoms with van der Waals surface area (Å²) in [7, 11) is 0. The molecule has 2 aromatic heterocycles. The number of rotatable bonds is 2. The molecule has 0 bridgehead atoms. The summed E-state index contributed by atoms with van der Waals surface area (Å²) in [6.07, 6.45) is 4.93.